The van der Waals surface area contributed by atoms with Gasteiger partial charge in [0.2, 0.25) is 0 Å². The van der Waals surface area contributed by atoms with E-state index in [1.165, 1.54) is 18.3 Å². The fourth-order valence-electron chi connectivity index (χ4n) is 2.35. The molecular weight excluding hydrogens is 327 g/mol. The fraction of sp³-hybridized carbons (Fsp3) is 0.176. The number of nitrogens with zero attached hydrogens (tertiary/aromatic N) is 4. The first-order valence-electron chi connectivity index (χ1n) is 7.67. The van der Waals surface area contributed by atoms with E-state index in [0.717, 1.165) is 24.6 Å². The molecule has 3 rings (SSSR count). The van der Waals surface area contributed by atoms with Crippen molar-refractivity contribution in [2.45, 2.75) is 19.9 Å². The number of benzene rings is 1. The molecule has 1 aromatic carbocycles. The highest BCUT2D eigenvalue weighted by Crippen LogP contribution is 2.34. The number of hydrogen-bond donors (Lipinski definition) is 0. The van der Waals surface area contributed by atoms with Crippen molar-refractivity contribution in [3.63, 3.8) is 0 Å². The molecule has 0 unspecified atom stereocenters. The zero-order valence-electron chi connectivity index (χ0n) is 13.4. The highest BCUT2D eigenvalue weighted by atomic mass is 19.1. The van der Waals surface area contributed by atoms with E-state index in [4.69, 9.17) is 4.74 Å². The molecule has 0 spiro atoms. The molecule has 0 aliphatic carbocycles. The number of pyridine rings is 1. The normalized spacial score (nSPS) is 10.6. The maximum absolute atomic E-state index is 14.1. The molecule has 0 amide bonds. The number of nitro benzene ring substituents is 1. The second kappa shape index (κ2) is 7.08. The number of nitro groups is 1. The molecule has 2 aromatic heterocycles. The van der Waals surface area contributed by atoms with E-state index < -0.39 is 10.7 Å². The summed E-state index contributed by atoms with van der Waals surface area (Å²) >= 11 is 0. The Morgan fingerprint density at radius 2 is 2.12 bits per heavy atom. The highest BCUT2D eigenvalue weighted by Gasteiger charge is 2.15. The first-order chi connectivity index (χ1) is 12.1. The van der Waals surface area contributed by atoms with Crippen molar-refractivity contribution < 1.29 is 14.1 Å². The Labute approximate surface area is 142 Å². The van der Waals surface area contributed by atoms with Gasteiger partial charge in [0, 0.05) is 42.3 Å². The average molecular weight is 342 g/mol. The number of rotatable bonds is 6. The minimum Gasteiger partial charge on any atom is -0.454 e. The van der Waals surface area contributed by atoms with Crippen molar-refractivity contribution in [1.29, 1.82) is 0 Å². The number of hydrogen-bond acceptors (Lipinski definition) is 5. The van der Waals surface area contributed by atoms with E-state index >= 15 is 0 Å². The van der Waals surface area contributed by atoms with Gasteiger partial charge in [-0.1, -0.05) is 6.92 Å². The molecule has 8 heteroatoms. The van der Waals surface area contributed by atoms with Gasteiger partial charge in [-0.05, 0) is 18.6 Å². The van der Waals surface area contributed by atoms with Crippen molar-refractivity contribution in [3.05, 3.63) is 65.0 Å². The van der Waals surface area contributed by atoms with Gasteiger partial charge < -0.3 is 4.74 Å². The first kappa shape index (κ1) is 16.6. The van der Waals surface area contributed by atoms with Crippen molar-refractivity contribution in [2.24, 2.45) is 0 Å². The number of halogens is 1. The lowest BCUT2D eigenvalue weighted by molar-refractivity contribution is -0.385. The van der Waals surface area contributed by atoms with Crippen LogP contribution >= 0.6 is 0 Å². The molecule has 3 aromatic rings. The van der Waals surface area contributed by atoms with Gasteiger partial charge in [0.15, 0.2) is 11.6 Å². The van der Waals surface area contributed by atoms with Gasteiger partial charge in [-0.3, -0.25) is 19.8 Å². The molecule has 7 nitrogen and oxygen atoms in total. The second-order valence-electron chi connectivity index (χ2n) is 5.34. The average Bonchev–Trinajstić information content (AvgIpc) is 3.06. The summed E-state index contributed by atoms with van der Waals surface area (Å²) in [4.78, 5) is 14.1. The van der Waals surface area contributed by atoms with Crippen LogP contribution in [0.1, 0.15) is 13.3 Å². The first-order valence-corrected chi connectivity index (χ1v) is 7.67. The third-order valence-corrected chi connectivity index (χ3v) is 3.52. The van der Waals surface area contributed by atoms with Gasteiger partial charge in [-0.2, -0.15) is 5.10 Å². The van der Waals surface area contributed by atoms with E-state index in [1.807, 2.05) is 6.20 Å². The smallest absolute Gasteiger partial charge is 0.272 e. The Bertz CT molecular complexity index is 910. The third kappa shape index (κ3) is 3.63. The van der Waals surface area contributed by atoms with Crippen molar-refractivity contribution in [2.75, 3.05) is 0 Å². The van der Waals surface area contributed by atoms with Gasteiger partial charge in [0.05, 0.1) is 17.2 Å². The maximum atomic E-state index is 14.1. The number of aromatic nitrogens is 3. The Balaban J connectivity index is 1.92. The van der Waals surface area contributed by atoms with Crippen LogP contribution in [0.25, 0.3) is 11.1 Å². The molecule has 0 fully saturated rings. The van der Waals surface area contributed by atoms with Gasteiger partial charge in [0.1, 0.15) is 5.75 Å². The van der Waals surface area contributed by atoms with Crippen LogP contribution in [-0.4, -0.2) is 19.7 Å². The standard InChI is InChI=1S/C17H15FN4O3/c1-2-7-21-11-12(9-20-21)14-10-19-6-5-16(14)25-17-4-3-13(22(23)24)8-15(17)18/h3-6,8-11H,2,7H2,1H3. The van der Waals surface area contributed by atoms with Crippen LogP contribution in [0.4, 0.5) is 10.1 Å². The summed E-state index contributed by atoms with van der Waals surface area (Å²) in [5, 5.41) is 15.0. The number of non-ortho nitro benzene ring substituents is 1. The van der Waals surface area contributed by atoms with Gasteiger partial charge >= 0.3 is 0 Å². The second-order valence-corrected chi connectivity index (χ2v) is 5.34. The van der Waals surface area contributed by atoms with E-state index in [-0.39, 0.29) is 11.4 Å². The van der Waals surface area contributed by atoms with E-state index in [1.54, 1.807) is 23.1 Å². The summed E-state index contributed by atoms with van der Waals surface area (Å²) in [5.74, 6) is -0.517. The van der Waals surface area contributed by atoms with E-state index in [9.17, 15) is 14.5 Å². The predicted molar refractivity (Wildman–Crippen MR) is 88.9 cm³/mol. The molecule has 0 saturated carbocycles. The minimum atomic E-state index is -0.807. The number of aryl methyl sites for hydroxylation is 1. The Kier molecular flexibility index (Phi) is 4.69. The lowest BCUT2D eigenvalue weighted by Crippen LogP contribution is -1.95. The third-order valence-electron chi connectivity index (χ3n) is 3.52. The van der Waals surface area contributed by atoms with Crippen molar-refractivity contribution in [1.82, 2.24) is 14.8 Å². The summed E-state index contributed by atoms with van der Waals surface area (Å²) in [6.45, 7) is 2.84. The van der Waals surface area contributed by atoms with Crippen LogP contribution < -0.4 is 4.74 Å². The molecule has 0 N–H and O–H groups in total. The SMILES string of the molecule is CCCn1cc(-c2cnccc2Oc2ccc([N+](=O)[O-])cc2F)cn1. The van der Waals surface area contributed by atoms with Crippen LogP contribution in [0.5, 0.6) is 11.5 Å². The Morgan fingerprint density at radius 1 is 1.28 bits per heavy atom. The van der Waals surface area contributed by atoms with E-state index in [2.05, 4.69) is 17.0 Å². The molecule has 0 radical (unpaired) electrons. The molecule has 2 heterocycles. The van der Waals surface area contributed by atoms with E-state index in [0.29, 0.717) is 11.3 Å². The monoisotopic (exact) mass is 342 g/mol. The molecule has 0 aliphatic heterocycles. The molecule has 128 valence electrons. The molecule has 25 heavy (non-hydrogen) atoms. The summed E-state index contributed by atoms with van der Waals surface area (Å²) in [6.07, 6.45) is 7.63. The summed E-state index contributed by atoms with van der Waals surface area (Å²) < 4.78 is 21.5. The topological polar surface area (TPSA) is 83.1 Å². The van der Waals surface area contributed by atoms with Crippen LogP contribution in [0.2, 0.25) is 0 Å². The Hall–Kier alpha value is -3.29. The zero-order chi connectivity index (χ0) is 17.8. The molecule has 0 bridgehead atoms. The van der Waals surface area contributed by atoms with Crippen LogP contribution in [-0.2, 0) is 6.54 Å². The van der Waals surface area contributed by atoms with Gasteiger partial charge in [0.25, 0.3) is 5.69 Å². The summed E-state index contributed by atoms with van der Waals surface area (Å²) in [5.41, 5.74) is 1.11. The Morgan fingerprint density at radius 3 is 2.84 bits per heavy atom. The largest absolute Gasteiger partial charge is 0.454 e. The van der Waals surface area contributed by atoms with Crippen LogP contribution in [0.15, 0.2) is 49.1 Å². The predicted octanol–water partition coefficient (Wildman–Crippen LogP) is 4.19. The summed E-state index contributed by atoms with van der Waals surface area (Å²) in [6, 6.07) is 4.86. The van der Waals surface area contributed by atoms with Gasteiger partial charge in [-0.25, -0.2) is 4.39 Å². The zero-order valence-corrected chi connectivity index (χ0v) is 13.4. The maximum Gasteiger partial charge on any atom is 0.272 e. The summed E-state index contributed by atoms with van der Waals surface area (Å²) in [7, 11) is 0. The minimum absolute atomic E-state index is 0.0981. The lowest BCUT2D eigenvalue weighted by atomic mass is 10.1. The molecule has 0 saturated heterocycles. The quantitative estimate of drug-likeness (QED) is 0.495. The van der Waals surface area contributed by atoms with Crippen molar-refractivity contribution >= 4 is 5.69 Å². The van der Waals surface area contributed by atoms with Crippen LogP contribution in [0, 0.1) is 15.9 Å². The molecule has 0 aliphatic rings. The lowest BCUT2D eigenvalue weighted by Gasteiger charge is -2.10. The fourth-order valence-corrected chi connectivity index (χ4v) is 2.35. The molecule has 0 atom stereocenters. The van der Waals surface area contributed by atoms with Gasteiger partial charge in [-0.15, -0.1) is 0 Å². The van der Waals surface area contributed by atoms with Crippen LogP contribution in [0.3, 0.4) is 0 Å². The molecular formula is C17H15FN4O3. The van der Waals surface area contributed by atoms with Crippen molar-refractivity contribution in [3.8, 4) is 22.6 Å². The number of ether oxygens (including phenoxy) is 1. The highest BCUT2D eigenvalue weighted by molar-refractivity contribution is 5.68.